The third-order valence-corrected chi connectivity index (χ3v) is 3.75. The van der Waals surface area contributed by atoms with Crippen molar-refractivity contribution in [3.05, 3.63) is 28.2 Å². The molecule has 0 radical (unpaired) electrons. The standard InChI is InChI=1S/C14H19BrN2O2/c1-17(9-14(18)16-11-4-5-11)8-10-3-6-13(19-2)12(15)7-10/h3,6-7,11H,4-5,8-9H2,1-2H3,(H,16,18)/p+1. The zero-order chi connectivity index (χ0) is 13.8. The highest BCUT2D eigenvalue weighted by Gasteiger charge is 2.24. The van der Waals surface area contributed by atoms with Crippen LogP contribution in [0.2, 0.25) is 0 Å². The van der Waals surface area contributed by atoms with E-state index in [1.807, 2.05) is 25.2 Å². The summed E-state index contributed by atoms with van der Waals surface area (Å²) in [5.41, 5.74) is 1.18. The van der Waals surface area contributed by atoms with Crippen LogP contribution < -0.4 is 15.0 Å². The molecular formula is C14H20BrN2O2+. The molecule has 1 aromatic rings. The SMILES string of the molecule is COc1ccc(C[NH+](C)CC(=O)NC2CC2)cc1Br. The molecule has 104 valence electrons. The fourth-order valence-corrected chi connectivity index (χ4v) is 2.60. The lowest BCUT2D eigenvalue weighted by Gasteiger charge is -2.14. The average molecular weight is 328 g/mol. The van der Waals surface area contributed by atoms with Crippen LogP contribution in [0.15, 0.2) is 22.7 Å². The molecule has 1 saturated carbocycles. The van der Waals surface area contributed by atoms with E-state index < -0.39 is 0 Å². The van der Waals surface area contributed by atoms with Gasteiger partial charge in [-0.15, -0.1) is 0 Å². The van der Waals surface area contributed by atoms with Gasteiger partial charge in [0.1, 0.15) is 12.3 Å². The van der Waals surface area contributed by atoms with Crippen LogP contribution in [0.4, 0.5) is 0 Å². The molecule has 2 N–H and O–H groups in total. The number of benzene rings is 1. The van der Waals surface area contributed by atoms with Crippen molar-refractivity contribution < 1.29 is 14.4 Å². The number of hydrogen-bond acceptors (Lipinski definition) is 2. The van der Waals surface area contributed by atoms with Crippen LogP contribution in [0.5, 0.6) is 5.75 Å². The summed E-state index contributed by atoms with van der Waals surface area (Å²) in [6.45, 7) is 1.33. The van der Waals surface area contributed by atoms with Crippen molar-refractivity contribution in [2.45, 2.75) is 25.4 Å². The minimum Gasteiger partial charge on any atom is -0.496 e. The summed E-state index contributed by atoms with van der Waals surface area (Å²) in [4.78, 5) is 12.9. The first-order valence-corrected chi connectivity index (χ1v) is 7.31. The zero-order valence-corrected chi connectivity index (χ0v) is 12.9. The smallest absolute Gasteiger partial charge is 0.275 e. The Morgan fingerprint density at radius 3 is 2.84 bits per heavy atom. The number of rotatable bonds is 6. The number of methoxy groups -OCH3 is 1. The number of carbonyl (C=O) groups excluding carboxylic acids is 1. The van der Waals surface area contributed by atoms with Crippen molar-refractivity contribution in [1.82, 2.24) is 5.32 Å². The van der Waals surface area contributed by atoms with E-state index in [4.69, 9.17) is 4.74 Å². The van der Waals surface area contributed by atoms with Crippen LogP contribution in [0.1, 0.15) is 18.4 Å². The van der Waals surface area contributed by atoms with Gasteiger partial charge in [-0.3, -0.25) is 4.79 Å². The van der Waals surface area contributed by atoms with Crippen molar-refractivity contribution in [1.29, 1.82) is 0 Å². The lowest BCUT2D eigenvalue weighted by Crippen LogP contribution is -3.08. The minimum atomic E-state index is 0.146. The largest absolute Gasteiger partial charge is 0.496 e. The van der Waals surface area contributed by atoms with Gasteiger partial charge >= 0.3 is 0 Å². The van der Waals surface area contributed by atoms with Gasteiger partial charge in [0.2, 0.25) is 0 Å². The maximum absolute atomic E-state index is 11.7. The Balaban J connectivity index is 1.85. The van der Waals surface area contributed by atoms with E-state index in [0.29, 0.717) is 12.6 Å². The number of carbonyl (C=O) groups is 1. The monoisotopic (exact) mass is 327 g/mol. The summed E-state index contributed by atoms with van der Waals surface area (Å²) in [5, 5.41) is 3.01. The number of likely N-dealkylation sites (N-methyl/N-ethyl adjacent to an activating group) is 1. The zero-order valence-electron chi connectivity index (χ0n) is 11.3. The molecule has 0 heterocycles. The van der Waals surface area contributed by atoms with Crippen molar-refractivity contribution >= 4 is 21.8 Å². The molecular weight excluding hydrogens is 308 g/mol. The highest BCUT2D eigenvalue weighted by Crippen LogP contribution is 2.25. The molecule has 1 amide bonds. The number of ether oxygens (including phenoxy) is 1. The lowest BCUT2D eigenvalue weighted by molar-refractivity contribution is -0.885. The second kappa shape index (κ2) is 6.39. The van der Waals surface area contributed by atoms with E-state index in [0.717, 1.165) is 29.6 Å². The molecule has 1 atom stereocenters. The summed E-state index contributed by atoms with van der Waals surface area (Å²) in [7, 11) is 3.68. The van der Waals surface area contributed by atoms with Gasteiger partial charge in [-0.25, -0.2) is 0 Å². The molecule has 0 spiro atoms. The van der Waals surface area contributed by atoms with E-state index >= 15 is 0 Å². The molecule has 0 aromatic heterocycles. The second-order valence-electron chi connectivity index (χ2n) is 5.12. The topological polar surface area (TPSA) is 42.8 Å². The van der Waals surface area contributed by atoms with Crippen molar-refractivity contribution in [3.63, 3.8) is 0 Å². The quantitative estimate of drug-likeness (QED) is 0.809. The van der Waals surface area contributed by atoms with E-state index in [1.54, 1.807) is 7.11 Å². The van der Waals surface area contributed by atoms with Gasteiger partial charge in [-0.05, 0) is 47.0 Å². The molecule has 4 nitrogen and oxygen atoms in total. The maximum Gasteiger partial charge on any atom is 0.275 e. The Hall–Kier alpha value is -1.07. The number of amides is 1. The lowest BCUT2D eigenvalue weighted by atomic mass is 10.2. The molecule has 1 aliphatic carbocycles. The Morgan fingerprint density at radius 2 is 2.26 bits per heavy atom. The Kier molecular flexibility index (Phi) is 4.82. The Bertz CT molecular complexity index is 461. The first-order valence-electron chi connectivity index (χ1n) is 6.51. The van der Waals surface area contributed by atoms with Gasteiger partial charge in [-0.2, -0.15) is 0 Å². The molecule has 0 aliphatic heterocycles. The second-order valence-corrected chi connectivity index (χ2v) is 5.98. The van der Waals surface area contributed by atoms with Gasteiger partial charge in [0.15, 0.2) is 6.54 Å². The molecule has 2 rings (SSSR count). The van der Waals surface area contributed by atoms with Crippen LogP contribution >= 0.6 is 15.9 Å². The summed E-state index contributed by atoms with van der Waals surface area (Å²) >= 11 is 3.48. The first-order chi connectivity index (χ1) is 9.08. The average Bonchev–Trinajstić information content (AvgIpc) is 3.12. The van der Waals surface area contributed by atoms with Gasteiger partial charge < -0.3 is 15.0 Å². The summed E-state index contributed by atoms with van der Waals surface area (Å²) in [5.74, 6) is 0.973. The number of hydrogen-bond donors (Lipinski definition) is 2. The van der Waals surface area contributed by atoms with Crippen LogP contribution in [0.3, 0.4) is 0 Å². The summed E-state index contributed by atoms with van der Waals surface area (Å²) < 4.78 is 6.15. The molecule has 1 aromatic carbocycles. The molecule has 19 heavy (non-hydrogen) atoms. The number of nitrogens with one attached hydrogen (secondary N) is 2. The van der Waals surface area contributed by atoms with Crippen LogP contribution in [0, 0.1) is 0 Å². The van der Waals surface area contributed by atoms with Crippen LogP contribution in [-0.2, 0) is 11.3 Å². The predicted octanol–water partition coefficient (Wildman–Crippen LogP) is 0.751. The Morgan fingerprint density at radius 1 is 1.53 bits per heavy atom. The molecule has 0 saturated heterocycles. The number of halogens is 1. The predicted molar refractivity (Wildman–Crippen MR) is 77.3 cm³/mol. The van der Waals surface area contributed by atoms with Crippen molar-refractivity contribution in [2.24, 2.45) is 0 Å². The van der Waals surface area contributed by atoms with E-state index in [2.05, 4.69) is 21.2 Å². The summed E-state index contributed by atoms with van der Waals surface area (Å²) in [6.07, 6.45) is 2.27. The Labute approximate surface area is 122 Å². The van der Waals surface area contributed by atoms with E-state index in [-0.39, 0.29) is 5.91 Å². The van der Waals surface area contributed by atoms with Gasteiger partial charge in [0, 0.05) is 11.6 Å². The third kappa shape index (κ3) is 4.51. The molecule has 1 fully saturated rings. The number of quaternary nitrogens is 1. The minimum absolute atomic E-state index is 0.146. The van der Waals surface area contributed by atoms with Crippen LogP contribution in [-0.4, -0.2) is 32.7 Å². The van der Waals surface area contributed by atoms with E-state index in [9.17, 15) is 4.79 Å². The normalized spacial score (nSPS) is 15.9. The highest BCUT2D eigenvalue weighted by atomic mass is 79.9. The van der Waals surface area contributed by atoms with Crippen molar-refractivity contribution in [2.75, 3.05) is 20.7 Å². The molecule has 0 bridgehead atoms. The highest BCUT2D eigenvalue weighted by molar-refractivity contribution is 9.10. The maximum atomic E-state index is 11.7. The van der Waals surface area contributed by atoms with Crippen LogP contribution in [0.25, 0.3) is 0 Å². The van der Waals surface area contributed by atoms with Gasteiger partial charge in [0.25, 0.3) is 5.91 Å². The first kappa shape index (κ1) is 14.3. The summed E-state index contributed by atoms with van der Waals surface area (Å²) in [6, 6.07) is 6.46. The van der Waals surface area contributed by atoms with Gasteiger partial charge in [-0.1, -0.05) is 0 Å². The fraction of sp³-hybridized carbons (Fsp3) is 0.500. The molecule has 1 unspecified atom stereocenters. The van der Waals surface area contributed by atoms with E-state index in [1.165, 1.54) is 10.5 Å². The molecule has 1 aliphatic rings. The van der Waals surface area contributed by atoms with Crippen molar-refractivity contribution in [3.8, 4) is 5.75 Å². The fourth-order valence-electron chi connectivity index (χ4n) is 2.01. The molecule has 5 heteroatoms. The van der Waals surface area contributed by atoms with Gasteiger partial charge in [0.05, 0.1) is 18.6 Å². The third-order valence-electron chi connectivity index (χ3n) is 3.13.